The number of hydrogen-bond acceptors (Lipinski definition) is 4. The molecule has 106 valence electrons. The van der Waals surface area contributed by atoms with Gasteiger partial charge < -0.3 is 16.4 Å². The third kappa shape index (κ3) is 3.11. The van der Waals surface area contributed by atoms with E-state index in [1.807, 2.05) is 6.07 Å². The molecule has 0 radical (unpaired) electrons. The topological polar surface area (TPSA) is 67.2 Å². The lowest BCUT2D eigenvalue weighted by Gasteiger charge is -2.09. The van der Waals surface area contributed by atoms with Crippen molar-refractivity contribution < 1.29 is 4.79 Å². The standard InChI is InChI=1S/C15H19N3OS/c1-9-6-12(20-10(9)2)8-18-14-5-4-11(7-13(14)16)15(19)17-3/h4-7,18H,8,16H2,1-3H3,(H,17,19). The number of anilines is 2. The summed E-state index contributed by atoms with van der Waals surface area (Å²) in [5, 5.41) is 5.89. The van der Waals surface area contributed by atoms with Crippen LogP contribution >= 0.6 is 11.3 Å². The molecule has 0 spiro atoms. The summed E-state index contributed by atoms with van der Waals surface area (Å²) in [5.74, 6) is -0.132. The Balaban J connectivity index is 2.08. The predicted molar refractivity (Wildman–Crippen MR) is 85.4 cm³/mol. The van der Waals surface area contributed by atoms with Crippen LogP contribution in [0.4, 0.5) is 11.4 Å². The van der Waals surface area contributed by atoms with Gasteiger partial charge in [-0.05, 0) is 43.7 Å². The maximum Gasteiger partial charge on any atom is 0.251 e. The zero-order chi connectivity index (χ0) is 14.7. The van der Waals surface area contributed by atoms with Crippen LogP contribution in [-0.2, 0) is 6.54 Å². The molecule has 4 N–H and O–H groups in total. The highest BCUT2D eigenvalue weighted by atomic mass is 32.1. The molecule has 1 heterocycles. The van der Waals surface area contributed by atoms with Crippen molar-refractivity contribution in [2.24, 2.45) is 0 Å². The summed E-state index contributed by atoms with van der Waals surface area (Å²) in [7, 11) is 1.60. The summed E-state index contributed by atoms with van der Waals surface area (Å²) in [6.45, 7) is 4.97. The van der Waals surface area contributed by atoms with Crippen LogP contribution < -0.4 is 16.4 Å². The van der Waals surface area contributed by atoms with Crippen LogP contribution in [0.3, 0.4) is 0 Å². The van der Waals surface area contributed by atoms with Crippen LogP contribution in [0.25, 0.3) is 0 Å². The fraction of sp³-hybridized carbons (Fsp3) is 0.267. The van der Waals surface area contributed by atoms with Crippen molar-refractivity contribution in [1.29, 1.82) is 0 Å². The SMILES string of the molecule is CNC(=O)c1ccc(NCc2cc(C)c(C)s2)c(N)c1. The number of nitrogen functional groups attached to an aromatic ring is 1. The van der Waals surface area contributed by atoms with E-state index in [0.717, 1.165) is 12.2 Å². The molecule has 2 aromatic rings. The predicted octanol–water partition coefficient (Wildman–Crippen LogP) is 2.92. The molecule has 0 saturated carbocycles. The first-order chi connectivity index (χ1) is 9.51. The number of carbonyl (C=O) groups excluding carboxylic acids is 1. The molecule has 0 fully saturated rings. The molecule has 0 atom stereocenters. The van der Waals surface area contributed by atoms with E-state index in [1.165, 1.54) is 15.3 Å². The smallest absolute Gasteiger partial charge is 0.251 e. The third-order valence-corrected chi connectivity index (χ3v) is 4.36. The number of hydrogen-bond donors (Lipinski definition) is 3. The van der Waals surface area contributed by atoms with E-state index in [9.17, 15) is 4.79 Å². The summed E-state index contributed by atoms with van der Waals surface area (Å²) in [5.41, 5.74) is 9.28. The summed E-state index contributed by atoms with van der Waals surface area (Å²) in [6, 6.07) is 7.48. The molecule has 20 heavy (non-hydrogen) atoms. The lowest BCUT2D eigenvalue weighted by Crippen LogP contribution is -2.18. The Bertz CT molecular complexity index is 615. The normalized spacial score (nSPS) is 10.3. The molecule has 2 rings (SSSR count). The van der Waals surface area contributed by atoms with Crippen molar-refractivity contribution >= 4 is 28.6 Å². The van der Waals surface area contributed by atoms with Gasteiger partial charge in [0.2, 0.25) is 0 Å². The monoisotopic (exact) mass is 289 g/mol. The van der Waals surface area contributed by atoms with Gasteiger partial charge in [-0.1, -0.05) is 0 Å². The molecule has 0 aliphatic rings. The summed E-state index contributed by atoms with van der Waals surface area (Å²) in [4.78, 5) is 14.1. The molecule has 0 aliphatic carbocycles. The van der Waals surface area contributed by atoms with Crippen LogP contribution in [0.2, 0.25) is 0 Å². The van der Waals surface area contributed by atoms with Crippen molar-refractivity contribution in [1.82, 2.24) is 5.32 Å². The Morgan fingerprint density at radius 3 is 2.60 bits per heavy atom. The van der Waals surface area contributed by atoms with Crippen molar-refractivity contribution in [3.8, 4) is 0 Å². The van der Waals surface area contributed by atoms with Crippen LogP contribution in [0.5, 0.6) is 0 Å². The van der Waals surface area contributed by atoms with Gasteiger partial charge in [0, 0.05) is 28.9 Å². The van der Waals surface area contributed by atoms with E-state index in [1.54, 1.807) is 30.5 Å². The number of thiophene rings is 1. The lowest BCUT2D eigenvalue weighted by molar-refractivity contribution is 0.0963. The largest absolute Gasteiger partial charge is 0.397 e. The van der Waals surface area contributed by atoms with Gasteiger partial charge in [0.05, 0.1) is 11.4 Å². The maximum absolute atomic E-state index is 11.5. The summed E-state index contributed by atoms with van der Waals surface area (Å²) >= 11 is 1.78. The second kappa shape index (κ2) is 5.96. The number of nitrogens with two attached hydrogens (primary N) is 1. The second-order valence-corrected chi connectivity index (χ2v) is 6.03. The number of benzene rings is 1. The zero-order valence-electron chi connectivity index (χ0n) is 11.9. The van der Waals surface area contributed by atoms with Gasteiger partial charge in [-0.25, -0.2) is 0 Å². The highest BCUT2D eigenvalue weighted by Gasteiger charge is 2.07. The fourth-order valence-electron chi connectivity index (χ4n) is 1.93. The van der Waals surface area contributed by atoms with E-state index >= 15 is 0 Å². The van der Waals surface area contributed by atoms with Gasteiger partial charge in [0.15, 0.2) is 0 Å². The molecule has 1 aromatic carbocycles. The number of rotatable bonds is 4. The van der Waals surface area contributed by atoms with Crippen molar-refractivity contribution in [3.05, 3.63) is 45.1 Å². The maximum atomic E-state index is 11.5. The first-order valence-electron chi connectivity index (χ1n) is 6.42. The quantitative estimate of drug-likeness (QED) is 0.758. The molecule has 0 aliphatic heterocycles. The fourth-order valence-corrected chi connectivity index (χ4v) is 2.92. The third-order valence-electron chi connectivity index (χ3n) is 3.21. The first-order valence-corrected chi connectivity index (χ1v) is 7.24. The van der Waals surface area contributed by atoms with Gasteiger partial charge >= 0.3 is 0 Å². The second-order valence-electron chi connectivity index (χ2n) is 4.69. The lowest BCUT2D eigenvalue weighted by atomic mass is 10.1. The van der Waals surface area contributed by atoms with Gasteiger partial charge in [-0.15, -0.1) is 11.3 Å². The molecule has 1 aromatic heterocycles. The minimum atomic E-state index is -0.132. The average molecular weight is 289 g/mol. The molecule has 0 unspecified atom stereocenters. The minimum absolute atomic E-state index is 0.132. The number of carbonyl (C=O) groups is 1. The van der Waals surface area contributed by atoms with Gasteiger partial charge in [0.1, 0.15) is 0 Å². The van der Waals surface area contributed by atoms with Gasteiger partial charge in [-0.2, -0.15) is 0 Å². The Hall–Kier alpha value is -2.01. The molecular formula is C15H19N3OS. The Morgan fingerprint density at radius 1 is 1.30 bits per heavy atom. The van der Waals surface area contributed by atoms with Crippen LogP contribution in [0, 0.1) is 13.8 Å². The van der Waals surface area contributed by atoms with Crippen LogP contribution in [0.1, 0.15) is 25.7 Å². The van der Waals surface area contributed by atoms with Crippen LogP contribution in [-0.4, -0.2) is 13.0 Å². The molecule has 4 nitrogen and oxygen atoms in total. The molecule has 5 heteroatoms. The molecule has 1 amide bonds. The highest BCUT2D eigenvalue weighted by molar-refractivity contribution is 7.12. The summed E-state index contributed by atoms with van der Waals surface area (Å²) in [6.07, 6.45) is 0. The molecular weight excluding hydrogens is 270 g/mol. The Morgan fingerprint density at radius 2 is 2.05 bits per heavy atom. The Kier molecular flexibility index (Phi) is 4.29. The van der Waals surface area contributed by atoms with Gasteiger partial charge in [0.25, 0.3) is 5.91 Å². The number of aryl methyl sites for hydroxylation is 2. The first kappa shape index (κ1) is 14.4. The molecule has 0 saturated heterocycles. The van der Waals surface area contributed by atoms with E-state index in [2.05, 4.69) is 30.5 Å². The van der Waals surface area contributed by atoms with E-state index in [4.69, 9.17) is 5.73 Å². The summed E-state index contributed by atoms with van der Waals surface area (Å²) < 4.78 is 0. The van der Waals surface area contributed by atoms with Crippen LogP contribution in [0.15, 0.2) is 24.3 Å². The minimum Gasteiger partial charge on any atom is -0.397 e. The van der Waals surface area contributed by atoms with Crippen molar-refractivity contribution in [2.75, 3.05) is 18.1 Å². The highest BCUT2D eigenvalue weighted by Crippen LogP contribution is 2.24. The Labute approximate surface area is 123 Å². The number of nitrogens with one attached hydrogen (secondary N) is 2. The van der Waals surface area contributed by atoms with E-state index in [-0.39, 0.29) is 5.91 Å². The zero-order valence-corrected chi connectivity index (χ0v) is 12.7. The van der Waals surface area contributed by atoms with Crippen molar-refractivity contribution in [3.63, 3.8) is 0 Å². The van der Waals surface area contributed by atoms with Crippen molar-refractivity contribution in [2.45, 2.75) is 20.4 Å². The number of amides is 1. The average Bonchev–Trinajstić information content (AvgIpc) is 2.75. The van der Waals surface area contributed by atoms with E-state index in [0.29, 0.717) is 11.3 Å². The van der Waals surface area contributed by atoms with E-state index < -0.39 is 0 Å². The van der Waals surface area contributed by atoms with Gasteiger partial charge in [-0.3, -0.25) is 4.79 Å². The molecule has 0 bridgehead atoms.